The fourth-order valence-electron chi connectivity index (χ4n) is 4.65. The van der Waals surface area contributed by atoms with Crippen LogP contribution in [0, 0.1) is 5.92 Å². The molecule has 1 aliphatic heterocycles. The summed E-state index contributed by atoms with van der Waals surface area (Å²) < 4.78 is 0. The highest BCUT2D eigenvalue weighted by Gasteiger charge is 2.26. The second kappa shape index (κ2) is 11.5. The minimum atomic E-state index is -0.0467. The lowest BCUT2D eigenvalue weighted by Gasteiger charge is -2.39. The number of amides is 1. The van der Waals surface area contributed by atoms with Gasteiger partial charge < -0.3 is 10.2 Å². The van der Waals surface area contributed by atoms with Gasteiger partial charge in [0.25, 0.3) is 5.91 Å². The van der Waals surface area contributed by atoms with Gasteiger partial charge in [-0.05, 0) is 30.2 Å². The average Bonchev–Trinajstić information content (AvgIpc) is 2.86. The molecule has 0 radical (unpaired) electrons. The van der Waals surface area contributed by atoms with Gasteiger partial charge in [-0.3, -0.25) is 9.69 Å². The predicted octanol–water partition coefficient (Wildman–Crippen LogP) is 4.40. The normalized spacial score (nSPS) is 19.5. The predicted molar refractivity (Wildman–Crippen MR) is 139 cm³/mol. The molecule has 1 N–H and O–H groups in total. The lowest BCUT2D eigenvalue weighted by molar-refractivity contribution is -0.117. The highest BCUT2D eigenvalue weighted by Crippen LogP contribution is 2.29. The van der Waals surface area contributed by atoms with Crippen molar-refractivity contribution in [3.05, 3.63) is 95.6 Å². The van der Waals surface area contributed by atoms with E-state index < -0.39 is 0 Å². The van der Waals surface area contributed by atoms with Crippen LogP contribution < -0.4 is 5.32 Å². The topological polar surface area (TPSA) is 35.6 Å². The number of nitrogens with one attached hydrogen (secondary N) is 1. The number of carbonyl (C=O) groups excluding carboxylic acids is 1. The van der Waals surface area contributed by atoms with Gasteiger partial charge in [-0.25, -0.2) is 0 Å². The quantitative estimate of drug-likeness (QED) is 0.469. The summed E-state index contributed by atoms with van der Waals surface area (Å²) in [6, 6.07) is 21.9. The van der Waals surface area contributed by atoms with E-state index in [2.05, 4.69) is 75.8 Å². The molecular formula is C28H33N3OS. The van der Waals surface area contributed by atoms with Crippen molar-refractivity contribution in [2.75, 3.05) is 39.3 Å². The average molecular weight is 460 g/mol. The van der Waals surface area contributed by atoms with Crippen LogP contribution in [-0.4, -0.2) is 59.8 Å². The van der Waals surface area contributed by atoms with Gasteiger partial charge in [0.05, 0.1) is 11.6 Å². The number of carbonyl (C=O) groups is 1. The molecule has 1 aliphatic carbocycles. The SMILES string of the molecule is CC1C=CC=C(C(=O)NCCCN2CCN(C(c3ccccc3)c3ccccc3)CC2)C1=S. The Bertz CT molecular complexity index is 955. The molecule has 2 aliphatic rings. The van der Waals surface area contributed by atoms with Gasteiger partial charge in [0.15, 0.2) is 0 Å². The first-order valence-corrected chi connectivity index (χ1v) is 12.3. The maximum Gasteiger partial charge on any atom is 0.252 e. The molecule has 4 rings (SSSR count). The molecule has 2 aromatic rings. The minimum absolute atomic E-state index is 0.0467. The van der Waals surface area contributed by atoms with Crippen LogP contribution in [0.1, 0.15) is 30.5 Å². The molecule has 5 heteroatoms. The van der Waals surface area contributed by atoms with E-state index in [1.165, 1.54) is 11.1 Å². The van der Waals surface area contributed by atoms with Crippen molar-refractivity contribution in [1.82, 2.24) is 15.1 Å². The maximum atomic E-state index is 12.5. The van der Waals surface area contributed by atoms with Crippen LogP contribution in [0.5, 0.6) is 0 Å². The Kier molecular flexibility index (Phi) is 8.21. The molecule has 172 valence electrons. The second-order valence-electron chi connectivity index (χ2n) is 8.83. The zero-order valence-corrected chi connectivity index (χ0v) is 20.1. The van der Waals surface area contributed by atoms with Crippen molar-refractivity contribution >= 4 is 23.0 Å². The van der Waals surface area contributed by atoms with E-state index in [9.17, 15) is 4.79 Å². The fraction of sp³-hybridized carbons (Fsp3) is 0.357. The van der Waals surface area contributed by atoms with Crippen LogP contribution in [-0.2, 0) is 4.79 Å². The number of piperazine rings is 1. The van der Waals surface area contributed by atoms with Crippen molar-refractivity contribution in [3.63, 3.8) is 0 Å². The van der Waals surface area contributed by atoms with Crippen molar-refractivity contribution in [1.29, 1.82) is 0 Å². The van der Waals surface area contributed by atoms with Gasteiger partial charge in [-0.2, -0.15) is 0 Å². The number of nitrogens with zero attached hydrogens (tertiary/aromatic N) is 2. The number of thiocarbonyl (C=S) groups is 1. The molecule has 0 bridgehead atoms. The molecule has 1 fully saturated rings. The minimum Gasteiger partial charge on any atom is -0.352 e. The van der Waals surface area contributed by atoms with Crippen LogP contribution >= 0.6 is 12.2 Å². The van der Waals surface area contributed by atoms with Crippen molar-refractivity contribution < 1.29 is 4.79 Å². The summed E-state index contributed by atoms with van der Waals surface area (Å²) in [6.45, 7) is 7.85. The second-order valence-corrected chi connectivity index (χ2v) is 9.27. The molecule has 1 amide bonds. The van der Waals surface area contributed by atoms with Gasteiger partial charge >= 0.3 is 0 Å². The molecular weight excluding hydrogens is 426 g/mol. The van der Waals surface area contributed by atoms with Crippen molar-refractivity contribution in [2.24, 2.45) is 5.92 Å². The third kappa shape index (κ3) is 6.05. The van der Waals surface area contributed by atoms with E-state index in [0.717, 1.165) is 44.0 Å². The lowest BCUT2D eigenvalue weighted by atomic mass is 9.95. The summed E-state index contributed by atoms with van der Waals surface area (Å²) in [7, 11) is 0. The van der Waals surface area contributed by atoms with Gasteiger partial charge in [0.2, 0.25) is 0 Å². The van der Waals surface area contributed by atoms with Gasteiger partial charge in [0, 0.05) is 43.5 Å². The van der Waals surface area contributed by atoms with E-state index in [1.54, 1.807) is 0 Å². The number of rotatable bonds is 8. The molecule has 33 heavy (non-hydrogen) atoms. The lowest BCUT2D eigenvalue weighted by Crippen LogP contribution is -2.48. The molecule has 2 aromatic carbocycles. The first-order valence-electron chi connectivity index (χ1n) is 11.9. The third-order valence-corrected chi connectivity index (χ3v) is 7.12. The van der Waals surface area contributed by atoms with E-state index in [-0.39, 0.29) is 17.9 Å². The standard InChI is InChI=1S/C28H33N3OS/c1-22-10-8-15-25(27(22)33)28(32)29-16-9-17-30-18-20-31(21-19-30)26(23-11-4-2-5-12-23)24-13-6-3-7-14-24/h2-8,10-15,22,26H,9,16-21H2,1H3,(H,29,32). The molecule has 4 nitrogen and oxygen atoms in total. The highest BCUT2D eigenvalue weighted by atomic mass is 32.1. The van der Waals surface area contributed by atoms with Crippen molar-refractivity contribution in [2.45, 2.75) is 19.4 Å². The Balaban J connectivity index is 1.25. The Morgan fingerprint density at radius 2 is 1.61 bits per heavy atom. The summed E-state index contributed by atoms with van der Waals surface area (Å²) >= 11 is 5.42. The van der Waals surface area contributed by atoms with E-state index in [4.69, 9.17) is 12.2 Å². The maximum absolute atomic E-state index is 12.5. The first-order chi connectivity index (χ1) is 16.1. The number of benzene rings is 2. The van der Waals surface area contributed by atoms with Crippen LogP contribution in [0.3, 0.4) is 0 Å². The van der Waals surface area contributed by atoms with Crippen LogP contribution in [0.25, 0.3) is 0 Å². The number of hydrogen-bond acceptors (Lipinski definition) is 4. The summed E-state index contributed by atoms with van der Waals surface area (Å²) in [5.74, 6) is 0.104. The number of hydrogen-bond donors (Lipinski definition) is 1. The highest BCUT2D eigenvalue weighted by molar-refractivity contribution is 7.81. The first kappa shape index (κ1) is 23.6. The zero-order valence-electron chi connectivity index (χ0n) is 19.3. The fourth-order valence-corrected chi connectivity index (χ4v) is 4.89. The molecule has 0 spiro atoms. The third-order valence-electron chi connectivity index (χ3n) is 6.53. The number of allylic oxidation sites excluding steroid dienone is 3. The van der Waals surface area contributed by atoms with Gasteiger partial charge in [0.1, 0.15) is 0 Å². The zero-order chi connectivity index (χ0) is 23.0. The van der Waals surface area contributed by atoms with Crippen LogP contribution in [0.2, 0.25) is 0 Å². The molecule has 1 unspecified atom stereocenters. The van der Waals surface area contributed by atoms with E-state index in [1.807, 2.05) is 25.2 Å². The summed E-state index contributed by atoms with van der Waals surface area (Å²) in [5, 5.41) is 3.05. The van der Waals surface area contributed by atoms with Gasteiger partial charge in [-0.1, -0.05) is 92.0 Å². The Morgan fingerprint density at radius 1 is 1.00 bits per heavy atom. The molecule has 0 aromatic heterocycles. The Morgan fingerprint density at radius 3 is 2.21 bits per heavy atom. The van der Waals surface area contributed by atoms with E-state index >= 15 is 0 Å². The summed E-state index contributed by atoms with van der Waals surface area (Å²) in [6.07, 6.45) is 6.72. The van der Waals surface area contributed by atoms with Gasteiger partial charge in [-0.15, -0.1) is 0 Å². The smallest absolute Gasteiger partial charge is 0.252 e. The largest absolute Gasteiger partial charge is 0.352 e. The summed E-state index contributed by atoms with van der Waals surface area (Å²) in [4.78, 5) is 18.3. The molecule has 0 saturated carbocycles. The molecule has 1 saturated heterocycles. The van der Waals surface area contributed by atoms with Crippen molar-refractivity contribution in [3.8, 4) is 0 Å². The molecule has 1 heterocycles. The van der Waals surface area contributed by atoms with E-state index in [0.29, 0.717) is 12.1 Å². The Hall–Kier alpha value is -2.60. The van der Waals surface area contributed by atoms with Crippen LogP contribution in [0.15, 0.2) is 84.5 Å². The monoisotopic (exact) mass is 459 g/mol. The Labute approximate surface area is 203 Å². The molecule has 1 atom stereocenters. The summed E-state index contributed by atoms with van der Waals surface area (Å²) in [5.41, 5.74) is 3.33. The van der Waals surface area contributed by atoms with Crippen LogP contribution in [0.4, 0.5) is 0 Å².